The van der Waals surface area contributed by atoms with E-state index >= 15 is 0 Å². The molecule has 0 fully saturated rings. The summed E-state index contributed by atoms with van der Waals surface area (Å²) in [6.07, 6.45) is 0.518. The van der Waals surface area contributed by atoms with E-state index in [1.165, 1.54) is 7.11 Å². The molecule has 0 heterocycles. The van der Waals surface area contributed by atoms with Crippen LogP contribution in [0.3, 0.4) is 0 Å². The molecule has 1 rings (SSSR count). The Hall–Kier alpha value is -1.75. The third-order valence-corrected chi connectivity index (χ3v) is 2.59. The summed E-state index contributed by atoms with van der Waals surface area (Å²) in [4.78, 5) is 12.0. The zero-order valence-electron chi connectivity index (χ0n) is 10.9. The van der Waals surface area contributed by atoms with Gasteiger partial charge in [-0.25, -0.2) is 0 Å². The molecule has 0 aliphatic rings. The van der Waals surface area contributed by atoms with Crippen molar-refractivity contribution in [3.8, 4) is 11.5 Å². The molecule has 1 amide bonds. The number of hydrogen-bond acceptors (Lipinski definition) is 4. The van der Waals surface area contributed by atoms with Gasteiger partial charge in [-0.15, -0.1) is 0 Å². The van der Waals surface area contributed by atoms with Crippen molar-refractivity contribution in [3.05, 3.63) is 23.8 Å². The van der Waals surface area contributed by atoms with Gasteiger partial charge in [-0.3, -0.25) is 4.79 Å². The van der Waals surface area contributed by atoms with Crippen molar-refractivity contribution in [2.24, 2.45) is 0 Å². The minimum Gasteiger partial charge on any atom is -0.497 e. The summed E-state index contributed by atoms with van der Waals surface area (Å²) in [7, 11) is 3.06. The van der Waals surface area contributed by atoms with E-state index in [1.54, 1.807) is 25.3 Å². The zero-order valence-corrected chi connectivity index (χ0v) is 10.9. The van der Waals surface area contributed by atoms with E-state index in [-0.39, 0.29) is 18.6 Å². The number of hydrogen-bond donors (Lipinski definition) is 2. The van der Waals surface area contributed by atoms with Crippen LogP contribution in [0.1, 0.15) is 23.7 Å². The number of methoxy groups -OCH3 is 2. The number of carbonyl (C=O) groups excluding carboxylic acids is 1. The summed E-state index contributed by atoms with van der Waals surface area (Å²) < 4.78 is 10.2. The van der Waals surface area contributed by atoms with Gasteiger partial charge >= 0.3 is 0 Å². The summed E-state index contributed by atoms with van der Waals surface area (Å²) >= 11 is 0. The van der Waals surface area contributed by atoms with Crippen LogP contribution < -0.4 is 14.8 Å². The summed E-state index contributed by atoms with van der Waals surface area (Å²) in [6, 6.07) is 4.92. The van der Waals surface area contributed by atoms with Crippen LogP contribution >= 0.6 is 0 Å². The van der Waals surface area contributed by atoms with Crippen molar-refractivity contribution < 1.29 is 19.4 Å². The third kappa shape index (κ3) is 3.63. The highest BCUT2D eigenvalue weighted by Crippen LogP contribution is 2.24. The first-order valence-corrected chi connectivity index (χ1v) is 5.76. The van der Waals surface area contributed by atoms with Crippen molar-refractivity contribution in [2.45, 2.75) is 19.4 Å². The van der Waals surface area contributed by atoms with Crippen molar-refractivity contribution in [1.29, 1.82) is 0 Å². The molecule has 1 atom stereocenters. The van der Waals surface area contributed by atoms with Gasteiger partial charge < -0.3 is 19.9 Å². The van der Waals surface area contributed by atoms with Gasteiger partial charge in [0, 0.05) is 18.7 Å². The van der Waals surface area contributed by atoms with Crippen LogP contribution in [0, 0.1) is 0 Å². The van der Waals surface area contributed by atoms with Gasteiger partial charge in [0.05, 0.1) is 19.8 Å². The van der Waals surface area contributed by atoms with Crippen LogP contribution in [0.2, 0.25) is 0 Å². The predicted octanol–water partition coefficient (Wildman–Crippen LogP) is 1.20. The first-order valence-electron chi connectivity index (χ1n) is 5.76. The first kappa shape index (κ1) is 14.3. The number of rotatable bonds is 6. The minimum atomic E-state index is -0.226. The highest BCUT2D eigenvalue weighted by Gasteiger charge is 2.15. The fourth-order valence-corrected chi connectivity index (χ4v) is 1.55. The van der Waals surface area contributed by atoms with E-state index in [2.05, 4.69) is 5.32 Å². The topological polar surface area (TPSA) is 67.8 Å². The van der Waals surface area contributed by atoms with Gasteiger partial charge in [0.2, 0.25) is 0 Å². The molecule has 0 saturated carbocycles. The lowest BCUT2D eigenvalue weighted by molar-refractivity contribution is 0.0931. The average molecular weight is 253 g/mol. The van der Waals surface area contributed by atoms with Crippen molar-refractivity contribution in [2.75, 3.05) is 20.8 Å². The summed E-state index contributed by atoms with van der Waals surface area (Å²) in [5.74, 6) is 0.866. The van der Waals surface area contributed by atoms with Crippen LogP contribution in [0.15, 0.2) is 18.2 Å². The lowest BCUT2D eigenvalue weighted by Crippen LogP contribution is -2.33. The molecule has 0 aromatic heterocycles. The molecule has 0 aliphatic heterocycles. The Morgan fingerprint density at radius 1 is 1.39 bits per heavy atom. The summed E-state index contributed by atoms with van der Waals surface area (Å²) in [6.45, 7) is 1.88. The maximum Gasteiger partial charge on any atom is 0.255 e. The molecule has 1 aromatic carbocycles. The maximum atomic E-state index is 12.0. The fraction of sp³-hybridized carbons (Fsp3) is 0.462. The molecule has 5 heteroatoms. The second kappa shape index (κ2) is 6.86. The number of aliphatic hydroxyl groups is 1. The lowest BCUT2D eigenvalue weighted by Gasteiger charge is -2.14. The zero-order chi connectivity index (χ0) is 13.5. The molecule has 1 unspecified atom stereocenters. The summed E-state index contributed by atoms with van der Waals surface area (Å²) in [5, 5.41) is 11.6. The Morgan fingerprint density at radius 3 is 2.67 bits per heavy atom. The molecule has 0 saturated heterocycles. The monoisotopic (exact) mass is 253 g/mol. The van der Waals surface area contributed by atoms with Crippen molar-refractivity contribution in [1.82, 2.24) is 5.32 Å². The smallest absolute Gasteiger partial charge is 0.255 e. The van der Waals surface area contributed by atoms with Crippen molar-refractivity contribution in [3.63, 3.8) is 0 Å². The summed E-state index contributed by atoms with van der Waals surface area (Å²) in [5.41, 5.74) is 0.447. The quantitative estimate of drug-likeness (QED) is 0.799. The van der Waals surface area contributed by atoms with Gasteiger partial charge in [0.25, 0.3) is 5.91 Å². The predicted molar refractivity (Wildman–Crippen MR) is 68.2 cm³/mol. The van der Waals surface area contributed by atoms with Gasteiger partial charge in [0.15, 0.2) is 0 Å². The number of nitrogens with one attached hydrogen (secondary N) is 1. The number of carbonyl (C=O) groups is 1. The molecule has 0 spiro atoms. The lowest BCUT2D eigenvalue weighted by atomic mass is 10.1. The van der Waals surface area contributed by atoms with Gasteiger partial charge in [-0.05, 0) is 25.5 Å². The second-order valence-electron chi connectivity index (χ2n) is 3.95. The highest BCUT2D eigenvalue weighted by molar-refractivity contribution is 5.97. The third-order valence-electron chi connectivity index (χ3n) is 2.59. The molecule has 0 bridgehead atoms. The molecule has 5 nitrogen and oxygen atoms in total. The van der Waals surface area contributed by atoms with E-state index in [9.17, 15) is 4.79 Å². The van der Waals surface area contributed by atoms with E-state index in [4.69, 9.17) is 14.6 Å². The SMILES string of the molecule is COc1ccc(C(=O)NC(C)CCO)c(OC)c1. The van der Waals surface area contributed by atoms with Crippen LogP contribution in [0.25, 0.3) is 0 Å². The van der Waals surface area contributed by atoms with E-state index in [0.29, 0.717) is 23.5 Å². The van der Waals surface area contributed by atoms with Gasteiger partial charge in [-0.2, -0.15) is 0 Å². The van der Waals surface area contributed by atoms with Crippen LogP contribution in [0.4, 0.5) is 0 Å². The molecule has 18 heavy (non-hydrogen) atoms. The minimum absolute atomic E-state index is 0.0429. The standard InChI is InChI=1S/C13H19NO4/c1-9(6-7-15)14-13(16)11-5-4-10(17-2)8-12(11)18-3/h4-5,8-9,15H,6-7H2,1-3H3,(H,14,16). The first-order chi connectivity index (χ1) is 8.62. The van der Waals surface area contributed by atoms with E-state index in [0.717, 1.165) is 0 Å². The van der Waals surface area contributed by atoms with Gasteiger partial charge in [0.1, 0.15) is 11.5 Å². The molecule has 1 aromatic rings. The number of amides is 1. The second-order valence-corrected chi connectivity index (χ2v) is 3.95. The Kier molecular flexibility index (Phi) is 5.45. The average Bonchev–Trinajstić information content (AvgIpc) is 2.38. The van der Waals surface area contributed by atoms with Crippen molar-refractivity contribution >= 4 is 5.91 Å². The maximum absolute atomic E-state index is 12.0. The molecule has 0 radical (unpaired) electrons. The Labute approximate surface area is 107 Å². The van der Waals surface area contributed by atoms with Gasteiger partial charge in [-0.1, -0.05) is 0 Å². The number of ether oxygens (including phenoxy) is 2. The van der Waals surface area contributed by atoms with E-state index < -0.39 is 0 Å². The largest absolute Gasteiger partial charge is 0.497 e. The van der Waals surface area contributed by atoms with Crippen LogP contribution in [0.5, 0.6) is 11.5 Å². The number of aliphatic hydroxyl groups excluding tert-OH is 1. The number of benzene rings is 1. The molecular weight excluding hydrogens is 234 g/mol. The Morgan fingerprint density at radius 2 is 2.11 bits per heavy atom. The molecular formula is C13H19NO4. The Balaban J connectivity index is 2.84. The molecule has 0 aliphatic carbocycles. The Bertz CT molecular complexity index is 406. The molecule has 2 N–H and O–H groups in total. The molecule has 100 valence electrons. The van der Waals surface area contributed by atoms with Crippen LogP contribution in [-0.2, 0) is 0 Å². The van der Waals surface area contributed by atoms with Crippen LogP contribution in [-0.4, -0.2) is 37.9 Å². The normalized spacial score (nSPS) is 11.8. The fourth-order valence-electron chi connectivity index (χ4n) is 1.55. The highest BCUT2D eigenvalue weighted by atomic mass is 16.5. The van der Waals surface area contributed by atoms with E-state index in [1.807, 2.05) is 6.92 Å².